The van der Waals surface area contributed by atoms with Crippen molar-refractivity contribution < 1.29 is 4.79 Å². The normalized spacial score (nSPS) is 13.3. The van der Waals surface area contributed by atoms with E-state index in [0.717, 1.165) is 5.56 Å². The fourth-order valence-corrected chi connectivity index (χ4v) is 1.41. The van der Waals surface area contributed by atoms with Crippen LogP contribution in [-0.2, 0) is 4.79 Å². The van der Waals surface area contributed by atoms with Crippen molar-refractivity contribution in [2.75, 3.05) is 0 Å². The van der Waals surface area contributed by atoms with Crippen LogP contribution in [0.1, 0.15) is 37.9 Å². The van der Waals surface area contributed by atoms with Crippen molar-refractivity contribution in [3.63, 3.8) is 0 Å². The molecule has 1 atom stereocenters. The quantitative estimate of drug-likeness (QED) is 0.817. The van der Waals surface area contributed by atoms with Gasteiger partial charge in [0, 0.05) is 0 Å². The Balaban J connectivity index is 2.73. The minimum absolute atomic E-state index is 0.0183. The van der Waals surface area contributed by atoms with Crippen LogP contribution in [0.15, 0.2) is 24.3 Å². The van der Waals surface area contributed by atoms with Crippen molar-refractivity contribution in [3.8, 4) is 0 Å². The highest BCUT2D eigenvalue weighted by Gasteiger charge is 2.23. The van der Waals surface area contributed by atoms with Crippen LogP contribution in [-0.4, -0.2) is 11.4 Å². The summed E-state index contributed by atoms with van der Waals surface area (Å²) in [6, 6.07) is 8.07. The summed E-state index contributed by atoms with van der Waals surface area (Å²) in [5, 5.41) is 2.90. The van der Waals surface area contributed by atoms with Crippen LogP contribution < -0.4 is 11.1 Å². The van der Waals surface area contributed by atoms with E-state index in [0.29, 0.717) is 0 Å². The maximum Gasteiger partial charge on any atom is 0.239 e. The molecule has 0 unspecified atom stereocenters. The fourth-order valence-electron chi connectivity index (χ4n) is 1.41. The minimum atomic E-state index is -0.835. The van der Waals surface area contributed by atoms with Crippen LogP contribution in [0.3, 0.4) is 0 Å². The lowest BCUT2D eigenvalue weighted by molar-refractivity contribution is -0.125. The average molecular weight is 220 g/mol. The molecule has 0 aliphatic carbocycles. The lowest BCUT2D eigenvalue weighted by Gasteiger charge is -2.22. The third-order valence-corrected chi connectivity index (χ3v) is 2.47. The fraction of sp³-hybridized carbons (Fsp3) is 0.462. The van der Waals surface area contributed by atoms with Gasteiger partial charge in [-0.3, -0.25) is 4.79 Å². The van der Waals surface area contributed by atoms with Gasteiger partial charge in [-0.1, -0.05) is 29.8 Å². The van der Waals surface area contributed by atoms with Gasteiger partial charge in [0.05, 0.1) is 11.6 Å². The van der Waals surface area contributed by atoms with Crippen LogP contribution in [0.4, 0.5) is 0 Å². The molecule has 3 nitrogen and oxygen atoms in total. The molecule has 3 heteroatoms. The molecular weight excluding hydrogens is 200 g/mol. The van der Waals surface area contributed by atoms with Gasteiger partial charge in [-0.05, 0) is 33.3 Å². The zero-order chi connectivity index (χ0) is 12.3. The number of amides is 1. The van der Waals surface area contributed by atoms with E-state index >= 15 is 0 Å². The number of carbonyl (C=O) groups is 1. The molecule has 0 saturated heterocycles. The summed E-state index contributed by atoms with van der Waals surface area (Å²) in [5.41, 5.74) is 7.17. The van der Waals surface area contributed by atoms with Crippen LogP contribution >= 0.6 is 0 Å². The molecule has 0 heterocycles. The van der Waals surface area contributed by atoms with Gasteiger partial charge in [-0.2, -0.15) is 0 Å². The van der Waals surface area contributed by atoms with Crippen molar-refractivity contribution in [2.24, 2.45) is 5.73 Å². The average Bonchev–Trinajstić information content (AvgIpc) is 2.16. The van der Waals surface area contributed by atoms with Gasteiger partial charge in [-0.15, -0.1) is 0 Å². The summed E-state index contributed by atoms with van der Waals surface area (Å²) in [5.74, 6) is -0.137. The first-order valence-corrected chi connectivity index (χ1v) is 5.47. The Hall–Kier alpha value is -1.35. The van der Waals surface area contributed by atoms with Crippen LogP contribution in [0.2, 0.25) is 0 Å². The van der Waals surface area contributed by atoms with Crippen molar-refractivity contribution in [1.82, 2.24) is 5.32 Å². The summed E-state index contributed by atoms with van der Waals surface area (Å²) in [6.45, 7) is 7.39. The van der Waals surface area contributed by atoms with E-state index in [4.69, 9.17) is 5.73 Å². The molecule has 0 aromatic heterocycles. The van der Waals surface area contributed by atoms with E-state index < -0.39 is 5.54 Å². The predicted molar refractivity (Wildman–Crippen MR) is 66.0 cm³/mol. The van der Waals surface area contributed by atoms with Gasteiger partial charge >= 0.3 is 0 Å². The largest absolute Gasteiger partial charge is 0.348 e. The number of hydrogen-bond acceptors (Lipinski definition) is 2. The number of hydrogen-bond donors (Lipinski definition) is 2. The number of nitrogens with one attached hydrogen (secondary N) is 1. The number of aryl methyl sites for hydroxylation is 1. The van der Waals surface area contributed by atoms with Gasteiger partial charge in [0.25, 0.3) is 0 Å². The van der Waals surface area contributed by atoms with E-state index in [-0.39, 0.29) is 11.9 Å². The van der Waals surface area contributed by atoms with Crippen LogP contribution in [0.5, 0.6) is 0 Å². The topological polar surface area (TPSA) is 55.1 Å². The van der Waals surface area contributed by atoms with Gasteiger partial charge in [0.2, 0.25) is 5.91 Å². The second kappa shape index (κ2) is 4.66. The molecular formula is C13H20N2O. The third kappa shape index (κ3) is 3.35. The third-order valence-electron chi connectivity index (χ3n) is 2.47. The second-order valence-corrected chi connectivity index (χ2v) is 4.83. The van der Waals surface area contributed by atoms with E-state index in [1.807, 2.05) is 32.0 Å². The Kier molecular flexibility index (Phi) is 3.70. The lowest BCUT2D eigenvalue weighted by atomic mass is 10.0. The molecule has 88 valence electrons. The first-order chi connectivity index (χ1) is 7.30. The smallest absolute Gasteiger partial charge is 0.239 e. The van der Waals surface area contributed by atoms with Crippen LogP contribution in [0, 0.1) is 6.92 Å². The molecule has 1 aromatic carbocycles. The number of rotatable bonds is 3. The Morgan fingerprint density at radius 3 is 2.56 bits per heavy atom. The Morgan fingerprint density at radius 1 is 1.44 bits per heavy atom. The van der Waals surface area contributed by atoms with Crippen molar-refractivity contribution >= 4 is 5.91 Å². The summed E-state index contributed by atoms with van der Waals surface area (Å²) < 4.78 is 0. The monoisotopic (exact) mass is 220 g/mol. The number of benzene rings is 1. The molecule has 0 spiro atoms. The van der Waals surface area contributed by atoms with Gasteiger partial charge in [0.1, 0.15) is 0 Å². The van der Waals surface area contributed by atoms with E-state index in [1.165, 1.54) is 5.56 Å². The highest BCUT2D eigenvalue weighted by Crippen LogP contribution is 2.14. The molecule has 0 aliphatic rings. The first kappa shape index (κ1) is 12.7. The van der Waals surface area contributed by atoms with E-state index in [1.54, 1.807) is 13.8 Å². The van der Waals surface area contributed by atoms with E-state index in [9.17, 15) is 4.79 Å². The SMILES string of the molecule is Cc1cccc([C@@H](C)NC(=O)C(C)(C)N)c1. The molecule has 0 aliphatic heterocycles. The highest BCUT2D eigenvalue weighted by molar-refractivity contribution is 5.85. The summed E-state index contributed by atoms with van der Waals surface area (Å²) in [6.07, 6.45) is 0. The standard InChI is InChI=1S/C13H20N2O/c1-9-6-5-7-11(8-9)10(2)15-12(16)13(3,4)14/h5-8,10H,14H2,1-4H3,(H,15,16)/t10-/m1/s1. The van der Waals surface area contributed by atoms with Gasteiger partial charge in [0.15, 0.2) is 0 Å². The summed E-state index contributed by atoms with van der Waals surface area (Å²) >= 11 is 0. The lowest BCUT2D eigenvalue weighted by Crippen LogP contribution is -2.49. The predicted octanol–water partition coefficient (Wildman–Crippen LogP) is 1.91. The molecule has 0 bridgehead atoms. The second-order valence-electron chi connectivity index (χ2n) is 4.83. The van der Waals surface area contributed by atoms with Gasteiger partial charge < -0.3 is 11.1 Å². The Morgan fingerprint density at radius 2 is 2.06 bits per heavy atom. The Labute approximate surface area is 97.0 Å². The van der Waals surface area contributed by atoms with Crippen LogP contribution in [0.25, 0.3) is 0 Å². The summed E-state index contributed by atoms with van der Waals surface area (Å²) in [7, 11) is 0. The van der Waals surface area contributed by atoms with E-state index in [2.05, 4.69) is 11.4 Å². The molecule has 0 fully saturated rings. The zero-order valence-electron chi connectivity index (χ0n) is 10.4. The highest BCUT2D eigenvalue weighted by atomic mass is 16.2. The molecule has 1 amide bonds. The van der Waals surface area contributed by atoms with Crippen molar-refractivity contribution in [3.05, 3.63) is 35.4 Å². The minimum Gasteiger partial charge on any atom is -0.348 e. The molecule has 3 N–H and O–H groups in total. The first-order valence-electron chi connectivity index (χ1n) is 5.47. The summed E-state index contributed by atoms with van der Waals surface area (Å²) in [4.78, 5) is 11.7. The van der Waals surface area contributed by atoms with Crippen molar-refractivity contribution in [2.45, 2.75) is 39.3 Å². The number of carbonyl (C=O) groups excluding carboxylic acids is 1. The maximum atomic E-state index is 11.7. The number of nitrogens with two attached hydrogens (primary N) is 1. The Bertz CT molecular complexity index is 380. The molecule has 0 radical (unpaired) electrons. The molecule has 0 saturated carbocycles. The zero-order valence-corrected chi connectivity index (χ0v) is 10.4. The van der Waals surface area contributed by atoms with Crippen molar-refractivity contribution in [1.29, 1.82) is 0 Å². The molecule has 1 aromatic rings. The maximum absolute atomic E-state index is 11.7. The molecule has 16 heavy (non-hydrogen) atoms. The molecule has 1 rings (SSSR count). The van der Waals surface area contributed by atoms with Gasteiger partial charge in [-0.25, -0.2) is 0 Å².